The highest BCUT2D eigenvalue weighted by Gasteiger charge is 2.41. The fraction of sp³-hybridized carbons (Fsp3) is 0.176. The van der Waals surface area contributed by atoms with E-state index in [1.807, 2.05) is 26.0 Å². The molecule has 3 rings (SSSR count). The number of amides is 2. The maximum absolute atomic E-state index is 12.7. The van der Waals surface area contributed by atoms with Gasteiger partial charge in [-0.15, -0.1) is 0 Å². The van der Waals surface area contributed by atoms with Gasteiger partial charge in [-0.1, -0.05) is 35.3 Å². The zero-order chi connectivity index (χ0) is 17.4. The number of aryl methyl sites for hydroxylation is 2. The van der Waals surface area contributed by atoms with E-state index in [9.17, 15) is 9.59 Å². The van der Waals surface area contributed by atoms with Crippen molar-refractivity contribution in [3.8, 4) is 0 Å². The van der Waals surface area contributed by atoms with Gasteiger partial charge < -0.3 is 5.32 Å². The maximum atomic E-state index is 12.7. The predicted molar refractivity (Wildman–Crippen MR) is 100 cm³/mol. The summed E-state index contributed by atoms with van der Waals surface area (Å²) in [6, 6.07) is 10.5. The molecule has 1 atom stereocenters. The van der Waals surface area contributed by atoms with Gasteiger partial charge in [0.2, 0.25) is 0 Å². The molecule has 0 bridgehead atoms. The monoisotopic (exact) mass is 380 g/mol. The molecule has 2 aromatic rings. The van der Waals surface area contributed by atoms with Crippen LogP contribution in [0.4, 0.5) is 16.2 Å². The van der Waals surface area contributed by atoms with Gasteiger partial charge in [-0.05, 0) is 61.0 Å². The van der Waals surface area contributed by atoms with Crippen LogP contribution in [0.15, 0.2) is 36.4 Å². The van der Waals surface area contributed by atoms with Crippen molar-refractivity contribution < 1.29 is 9.59 Å². The summed E-state index contributed by atoms with van der Waals surface area (Å²) in [5.74, 6) is -0.343. The van der Waals surface area contributed by atoms with Gasteiger partial charge in [0.1, 0.15) is 0 Å². The smallest absolute Gasteiger partial charge is 0.295 e. The van der Waals surface area contributed by atoms with Gasteiger partial charge in [0, 0.05) is 0 Å². The normalized spacial score (nSPS) is 17.5. The minimum absolute atomic E-state index is 0.330. The lowest BCUT2D eigenvalue weighted by atomic mass is 10.1. The summed E-state index contributed by atoms with van der Waals surface area (Å²) in [5, 5.41) is 2.67. The molecule has 7 heteroatoms. The molecular formula is C17H14Cl2N2O2S. The van der Waals surface area contributed by atoms with Gasteiger partial charge >= 0.3 is 0 Å². The molecule has 0 radical (unpaired) electrons. The number of carbonyl (C=O) groups is 2. The highest BCUT2D eigenvalue weighted by atomic mass is 35.5. The first kappa shape index (κ1) is 17.1. The third-order valence-corrected chi connectivity index (χ3v) is 5.40. The Kier molecular flexibility index (Phi) is 4.76. The summed E-state index contributed by atoms with van der Waals surface area (Å²) in [5.41, 5.74) is 3.13. The molecule has 1 N–H and O–H groups in total. The number of thioether (sulfide) groups is 1. The third kappa shape index (κ3) is 3.11. The van der Waals surface area contributed by atoms with Crippen molar-refractivity contribution in [3.05, 3.63) is 57.6 Å². The molecule has 2 aromatic carbocycles. The molecule has 4 nitrogen and oxygen atoms in total. The van der Waals surface area contributed by atoms with E-state index >= 15 is 0 Å². The summed E-state index contributed by atoms with van der Waals surface area (Å²) in [6.07, 6.45) is 0. The summed E-state index contributed by atoms with van der Waals surface area (Å²) in [4.78, 5) is 26.2. The number of imide groups is 1. The standard InChI is InChI=1S/C17H14Cl2N2O2S/c1-9-6-7-11(8-10(9)2)21-16(22)15(24-17(21)23)20-14-12(18)4-3-5-13(14)19/h3-8,15,20H,1-2H3. The Labute approximate surface area is 154 Å². The van der Waals surface area contributed by atoms with Crippen molar-refractivity contribution >= 4 is 57.5 Å². The van der Waals surface area contributed by atoms with E-state index in [1.165, 1.54) is 4.90 Å². The molecule has 1 unspecified atom stereocenters. The molecule has 0 aromatic heterocycles. The molecular weight excluding hydrogens is 367 g/mol. The largest absolute Gasteiger partial charge is 0.363 e. The zero-order valence-corrected chi connectivity index (χ0v) is 15.3. The third-order valence-electron chi connectivity index (χ3n) is 3.83. The minimum Gasteiger partial charge on any atom is -0.363 e. The van der Waals surface area contributed by atoms with E-state index in [0.29, 0.717) is 21.4 Å². The van der Waals surface area contributed by atoms with E-state index in [-0.39, 0.29) is 11.1 Å². The van der Waals surface area contributed by atoms with Gasteiger partial charge in [-0.3, -0.25) is 9.59 Å². The van der Waals surface area contributed by atoms with Gasteiger partial charge in [0.05, 0.1) is 21.4 Å². The molecule has 0 aliphatic carbocycles. The van der Waals surface area contributed by atoms with Crippen LogP contribution in [0.25, 0.3) is 0 Å². The number of nitrogens with zero attached hydrogens (tertiary/aromatic N) is 1. The number of rotatable bonds is 3. The van der Waals surface area contributed by atoms with Crippen LogP contribution < -0.4 is 10.2 Å². The van der Waals surface area contributed by atoms with Crippen LogP contribution in [-0.4, -0.2) is 16.5 Å². The second kappa shape index (κ2) is 6.67. The highest BCUT2D eigenvalue weighted by Crippen LogP contribution is 2.37. The van der Waals surface area contributed by atoms with Crippen LogP contribution in [0, 0.1) is 13.8 Å². The second-order valence-electron chi connectivity index (χ2n) is 5.45. The van der Waals surface area contributed by atoms with Crippen LogP contribution >= 0.6 is 35.0 Å². The van der Waals surface area contributed by atoms with Crippen LogP contribution in [0.2, 0.25) is 10.0 Å². The van der Waals surface area contributed by atoms with E-state index in [2.05, 4.69) is 5.32 Å². The van der Waals surface area contributed by atoms with Gasteiger partial charge in [-0.2, -0.15) is 0 Å². The number of carbonyl (C=O) groups excluding carboxylic acids is 2. The lowest BCUT2D eigenvalue weighted by Crippen LogP contribution is -2.34. The fourth-order valence-corrected chi connectivity index (χ4v) is 3.76. The topological polar surface area (TPSA) is 49.4 Å². The van der Waals surface area contributed by atoms with Crippen LogP contribution in [0.5, 0.6) is 0 Å². The Balaban J connectivity index is 1.88. The summed E-state index contributed by atoms with van der Waals surface area (Å²) in [6.45, 7) is 3.92. The zero-order valence-electron chi connectivity index (χ0n) is 13.0. The molecule has 124 valence electrons. The number of benzene rings is 2. The summed E-state index contributed by atoms with van der Waals surface area (Å²) in [7, 11) is 0. The Morgan fingerprint density at radius 1 is 1.04 bits per heavy atom. The Morgan fingerprint density at radius 3 is 2.33 bits per heavy atom. The molecule has 1 aliphatic heterocycles. The molecule has 2 amide bonds. The number of anilines is 2. The highest BCUT2D eigenvalue weighted by molar-refractivity contribution is 8.16. The van der Waals surface area contributed by atoms with Crippen molar-refractivity contribution in [3.63, 3.8) is 0 Å². The first-order valence-electron chi connectivity index (χ1n) is 7.21. The van der Waals surface area contributed by atoms with Gasteiger partial charge in [-0.25, -0.2) is 4.90 Å². The Bertz CT molecular complexity index is 821. The van der Waals surface area contributed by atoms with Gasteiger partial charge in [0.15, 0.2) is 5.37 Å². The molecule has 1 saturated heterocycles. The molecule has 1 fully saturated rings. The van der Waals surface area contributed by atoms with Crippen molar-refractivity contribution in [2.24, 2.45) is 0 Å². The summed E-state index contributed by atoms with van der Waals surface area (Å²) < 4.78 is 0. The average molecular weight is 381 g/mol. The van der Waals surface area contributed by atoms with Crippen LogP contribution in [0.3, 0.4) is 0 Å². The van der Waals surface area contributed by atoms with Crippen molar-refractivity contribution in [2.45, 2.75) is 19.2 Å². The maximum Gasteiger partial charge on any atom is 0.295 e. The van der Waals surface area contributed by atoms with Crippen LogP contribution in [-0.2, 0) is 4.79 Å². The van der Waals surface area contributed by atoms with E-state index < -0.39 is 5.37 Å². The fourth-order valence-electron chi connectivity index (χ4n) is 2.37. The van der Waals surface area contributed by atoms with Crippen molar-refractivity contribution in [1.82, 2.24) is 0 Å². The SMILES string of the molecule is Cc1ccc(N2C(=O)SC(Nc3c(Cl)cccc3Cl)C2=O)cc1C. The lowest BCUT2D eigenvalue weighted by molar-refractivity contribution is -0.116. The number of nitrogens with one attached hydrogen (secondary N) is 1. The lowest BCUT2D eigenvalue weighted by Gasteiger charge is -2.17. The van der Waals surface area contributed by atoms with E-state index in [4.69, 9.17) is 23.2 Å². The summed E-state index contributed by atoms with van der Waals surface area (Å²) >= 11 is 13.1. The van der Waals surface area contributed by atoms with Crippen LogP contribution in [0.1, 0.15) is 11.1 Å². The molecule has 1 heterocycles. The molecule has 1 aliphatic rings. The number of para-hydroxylation sites is 1. The average Bonchev–Trinajstić information content (AvgIpc) is 2.80. The molecule has 24 heavy (non-hydrogen) atoms. The first-order valence-corrected chi connectivity index (χ1v) is 8.84. The molecule has 0 spiro atoms. The quantitative estimate of drug-likeness (QED) is 0.789. The molecule has 0 saturated carbocycles. The number of hydrogen-bond donors (Lipinski definition) is 1. The number of hydrogen-bond acceptors (Lipinski definition) is 4. The Hall–Kier alpha value is -1.69. The van der Waals surface area contributed by atoms with Gasteiger partial charge in [0.25, 0.3) is 11.1 Å². The van der Waals surface area contributed by atoms with E-state index in [1.54, 1.807) is 24.3 Å². The minimum atomic E-state index is -0.767. The van der Waals surface area contributed by atoms with Crippen molar-refractivity contribution in [2.75, 3.05) is 10.2 Å². The predicted octanol–water partition coefficient (Wildman–Crippen LogP) is 5.25. The Morgan fingerprint density at radius 2 is 1.71 bits per heavy atom. The first-order chi connectivity index (χ1) is 11.4. The second-order valence-corrected chi connectivity index (χ2v) is 7.32. The van der Waals surface area contributed by atoms with E-state index in [0.717, 1.165) is 22.9 Å². The van der Waals surface area contributed by atoms with Crippen molar-refractivity contribution in [1.29, 1.82) is 0 Å². The number of halogens is 2.